The number of ether oxygens (including phenoxy) is 2. The van der Waals surface area contributed by atoms with Crippen LogP contribution < -0.4 is 9.47 Å². The van der Waals surface area contributed by atoms with E-state index in [1.807, 2.05) is 30.0 Å². The largest absolute Gasteiger partial charge is 0.497 e. The SMILES string of the molecule is COc1cc(OC)cc(-c2nnc(SCCC3=CCC4CC3C4(C)C)s2)c1. The highest BCUT2D eigenvalue weighted by molar-refractivity contribution is 8.01. The van der Waals surface area contributed by atoms with Gasteiger partial charge in [0.25, 0.3) is 0 Å². The zero-order valence-corrected chi connectivity index (χ0v) is 18.0. The van der Waals surface area contributed by atoms with Gasteiger partial charge in [0.2, 0.25) is 0 Å². The maximum absolute atomic E-state index is 5.35. The molecule has 0 aliphatic heterocycles. The Labute approximate surface area is 169 Å². The van der Waals surface area contributed by atoms with Crippen molar-refractivity contribution in [2.24, 2.45) is 17.3 Å². The summed E-state index contributed by atoms with van der Waals surface area (Å²) in [5.74, 6) is 4.30. The summed E-state index contributed by atoms with van der Waals surface area (Å²) in [5.41, 5.74) is 3.15. The van der Waals surface area contributed by atoms with Crippen LogP contribution in [0.15, 0.2) is 34.2 Å². The van der Waals surface area contributed by atoms with Crippen molar-refractivity contribution in [3.63, 3.8) is 0 Å². The predicted molar refractivity (Wildman–Crippen MR) is 112 cm³/mol. The molecular formula is C21H26N2O2S2. The van der Waals surface area contributed by atoms with E-state index >= 15 is 0 Å². The Hall–Kier alpha value is -1.53. The number of nitrogens with zero attached hydrogens (tertiary/aromatic N) is 2. The third kappa shape index (κ3) is 3.61. The fraction of sp³-hybridized carbons (Fsp3) is 0.524. The molecule has 2 bridgehead atoms. The van der Waals surface area contributed by atoms with Crippen molar-refractivity contribution < 1.29 is 9.47 Å². The van der Waals surface area contributed by atoms with E-state index in [2.05, 4.69) is 30.1 Å². The molecule has 27 heavy (non-hydrogen) atoms. The van der Waals surface area contributed by atoms with Crippen LogP contribution in [0.5, 0.6) is 11.5 Å². The van der Waals surface area contributed by atoms with Gasteiger partial charge in [-0.2, -0.15) is 0 Å². The molecule has 5 rings (SSSR count). The van der Waals surface area contributed by atoms with E-state index in [0.717, 1.165) is 50.4 Å². The lowest BCUT2D eigenvalue weighted by Crippen LogP contribution is -2.48. The van der Waals surface area contributed by atoms with Crippen molar-refractivity contribution in [1.29, 1.82) is 0 Å². The number of methoxy groups -OCH3 is 2. The van der Waals surface area contributed by atoms with Gasteiger partial charge in [-0.1, -0.05) is 48.6 Å². The number of benzene rings is 1. The minimum absolute atomic E-state index is 0.510. The number of allylic oxidation sites excluding steroid dienone is 2. The molecule has 144 valence electrons. The van der Waals surface area contributed by atoms with E-state index in [1.165, 1.54) is 12.8 Å². The number of hydrogen-bond acceptors (Lipinski definition) is 6. The lowest BCUT2D eigenvalue weighted by Gasteiger charge is -2.56. The Morgan fingerprint density at radius 1 is 1.15 bits per heavy atom. The molecule has 0 spiro atoms. The van der Waals surface area contributed by atoms with Crippen LogP contribution in [-0.4, -0.2) is 30.2 Å². The lowest BCUT2D eigenvalue weighted by molar-refractivity contribution is -0.00767. The van der Waals surface area contributed by atoms with E-state index in [1.54, 1.807) is 31.1 Å². The summed E-state index contributed by atoms with van der Waals surface area (Å²) in [5, 5.41) is 9.64. The molecule has 2 atom stereocenters. The minimum Gasteiger partial charge on any atom is -0.497 e. The van der Waals surface area contributed by atoms with Crippen molar-refractivity contribution in [2.45, 2.75) is 37.4 Å². The van der Waals surface area contributed by atoms with Crippen molar-refractivity contribution in [1.82, 2.24) is 10.2 Å². The summed E-state index contributed by atoms with van der Waals surface area (Å²) in [6.45, 7) is 4.87. The summed E-state index contributed by atoms with van der Waals surface area (Å²) >= 11 is 3.44. The third-order valence-electron chi connectivity index (χ3n) is 6.20. The van der Waals surface area contributed by atoms with Crippen LogP contribution in [0.3, 0.4) is 0 Å². The highest BCUT2D eigenvalue weighted by atomic mass is 32.2. The first kappa shape index (κ1) is 18.8. The normalized spacial score (nSPS) is 22.7. The smallest absolute Gasteiger partial charge is 0.174 e. The molecule has 3 aliphatic rings. The second-order valence-electron chi connectivity index (χ2n) is 7.89. The Morgan fingerprint density at radius 2 is 1.89 bits per heavy atom. The first-order chi connectivity index (χ1) is 13.0. The highest BCUT2D eigenvalue weighted by Crippen LogP contribution is 2.59. The third-order valence-corrected chi connectivity index (χ3v) is 8.31. The van der Waals surface area contributed by atoms with Gasteiger partial charge in [-0.05, 0) is 48.6 Å². The molecule has 0 radical (unpaired) electrons. The Morgan fingerprint density at radius 3 is 2.52 bits per heavy atom. The van der Waals surface area contributed by atoms with E-state index < -0.39 is 0 Å². The number of aromatic nitrogens is 2. The van der Waals surface area contributed by atoms with Crippen LogP contribution in [0.2, 0.25) is 0 Å². The molecule has 1 heterocycles. The molecule has 2 unspecified atom stereocenters. The number of rotatable bonds is 7. The molecule has 0 amide bonds. The number of hydrogen-bond donors (Lipinski definition) is 0. The second kappa shape index (κ2) is 7.47. The fourth-order valence-electron chi connectivity index (χ4n) is 4.33. The number of thioether (sulfide) groups is 1. The minimum atomic E-state index is 0.510. The van der Waals surface area contributed by atoms with Crippen molar-refractivity contribution >= 4 is 23.1 Å². The van der Waals surface area contributed by atoms with Crippen LogP contribution in [0, 0.1) is 17.3 Å². The second-order valence-corrected chi connectivity index (χ2v) is 10.2. The maximum Gasteiger partial charge on any atom is 0.174 e. The van der Waals surface area contributed by atoms with Crippen molar-refractivity contribution in [3.8, 4) is 22.1 Å². The quantitative estimate of drug-likeness (QED) is 0.439. The highest BCUT2D eigenvalue weighted by Gasteiger charge is 2.50. The molecule has 4 nitrogen and oxygen atoms in total. The Balaban J connectivity index is 1.38. The Kier molecular flexibility index (Phi) is 5.21. The summed E-state index contributed by atoms with van der Waals surface area (Å²) < 4.78 is 11.7. The standard InChI is InChI=1S/C21H26N2O2S2/c1-21(2)15-6-5-13(18(21)11-15)7-8-26-20-23-22-19(27-20)14-9-16(24-3)12-17(10-14)25-4/h5,9-10,12,15,18H,6-8,11H2,1-4H3. The van der Waals surface area contributed by atoms with Gasteiger partial charge >= 0.3 is 0 Å². The Bertz CT molecular complexity index is 837. The van der Waals surface area contributed by atoms with Crippen LogP contribution >= 0.6 is 23.1 Å². The van der Waals surface area contributed by atoms with Crippen LogP contribution in [0.25, 0.3) is 10.6 Å². The molecular weight excluding hydrogens is 376 g/mol. The van der Waals surface area contributed by atoms with Gasteiger partial charge in [0, 0.05) is 17.4 Å². The van der Waals surface area contributed by atoms with Gasteiger partial charge in [0.05, 0.1) is 14.2 Å². The molecule has 3 aliphatic carbocycles. The van der Waals surface area contributed by atoms with Gasteiger partial charge in [-0.25, -0.2) is 0 Å². The van der Waals surface area contributed by atoms with Gasteiger partial charge in [-0.15, -0.1) is 10.2 Å². The van der Waals surface area contributed by atoms with Crippen molar-refractivity contribution in [2.75, 3.05) is 20.0 Å². The number of fused-ring (bicyclic) bond motifs is 1. The van der Waals surface area contributed by atoms with Crippen molar-refractivity contribution in [3.05, 3.63) is 29.8 Å². The van der Waals surface area contributed by atoms with Gasteiger partial charge < -0.3 is 9.47 Å². The van der Waals surface area contributed by atoms with E-state index in [-0.39, 0.29) is 0 Å². The molecule has 2 aromatic rings. The molecule has 0 N–H and O–H groups in total. The maximum atomic E-state index is 5.35. The molecule has 1 saturated carbocycles. The topological polar surface area (TPSA) is 44.2 Å². The summed E-state index contributed by atoms with van der Waals surface area (Å²) in [7, 11) is 3.32. The summed E-state index contributed by atoms with van der Waals surface area (Å²) in [6, 6.07) is 5.81. The van der Waals surface area contributed by atoms with Gasteiger partial charge in [0.15, 0.2) is 4.34 Å². The predicted octanol–water partition coefficient (Wildman–Crippen LogP) is 5.70. The molecule has 1 aromatic carbocycles. The van der Waals surface area contributed by atoms with Crippen LogP contribution in [-0.2, 0) is 0 Å². The lowest BCUT2D eigenvalue weighted by atomic mass is 9.48. The van der Waals surface area contributed by atoms with Gasteiger partial charge in [-0.3, -0.25) is 0 Å². The molecule has 1 fully saturated rings. The monoisotopic (exact) mass is 402 g/mol. The average molecular weight is 403 g/mol. The first-order valence-corrected chi connectivity index (χ1v) is 11.2. The molecule has 1 aromatic heterocycles. The summed E-state index contributed by atoms with van der Waals surface area (Å²) in [4.78, 5) is 0. The van der Waals surface area contributed by atoms with E-state index in [9.17, 15) is 0 Å². The fourth-order valence-corrected chi connectivity index (χ4v) is 6.23. The first-order valence-electron chi connectivity index (χ1n) is 9.40. The van der Waals surface area contributed by atoms with Crippen LogP contribution in [0.1, 0.15) is 33.1 Å². The van der Waals surface area contributed by atoms with Gasteiger partial charge in [0.1, 0.15) is 16.5 Å². The zero-order chi connectivity index (χ0) is 19.0. The molecule has 0 saturated heterocycles. The van der Waals surface area contributed by atoms with E-state index in [0.29, 0.717) is 5.41 Å². The zero-order valence-electron chi connectivity index (χ0n) is 16.3. The van der Waals surface area contributed by atoms with Crippen LogP contribution in [0.4, 0.5) is 0 Å². The van der Waals surface area contributed by atoms with E-state index in [4.69, 9.17) is 9.47 Å². The average Bonchev–Trinajstić information content (AvgIpc) is 3.16. The molecule has 6 heteroatoms. The summed E-state index contributed by atoms with van der Waals surface area (Å²) in [6.07, 6.45) is 6.32.